The number of benzene rings is 2. The topological polar surface area (TPSA) is 99.5 Å². The molecule has 2 aromatic carbocycles. The SMILES string of the molecule is COc1ccc(N2CCCC2=O)cc1S(=O)(=O)Nc1cccc(C#N)c1. The monoisotopic (exact) mass is 371 g/mol. The number of nitrogens with one attached hydrogen (secondary N) is 1. The summed E-state index contributed by atoms with van der Waals surface area (Å²) < 4.78 is 33.3. The van der Waals surface area contributed by atoms with Gasteiger partial charge in [0.25, 0.3) is 10.0 Å². The molecule has 0 radical (unpaired) electrons. The van der Waals surface area contributed by atoms with Gasteiger partial charge in [0, 0.05) is 18.7 Å². The number of sulfonamides is 1. The van der Waals surface area contributed by atoms with Crippen molar-refractivity contribution in [2.75, 3.05) is 23.3 Å². The number of hydrogen-bond acceptors (Lipinski definition) is 5. The molecule has 8 heteroatoms. The van der Waals surface area contributed by atoms with Crippen molar-refractivity contribution in [3.63, 3.8) is 0 Å². The van der Waals surface area contributed by atoms with Gasteiger partial charge < -0.3 is 9.64 Å². The lowest BCUT2D eigenvalue weighted by atomic mass is 10.2. The van der Waals surface area contributed by atoms with Gasteiger partial charge in [0.2, 0.25) is 5.91 Å². The van der Waals surface area contributed by atoms with E-state index in [2.05, 4.69) is 4.72 Å². The summed E-state index contributed by atoms with van der Waals surface area (Å²) in [4.78, 5) is 13.4. The quantitative estimate of drug-likeness (QED) is 0.870. The molecule has 1 amide bonds. The van der Waals surface area contributed by atoms with Crippen molar-refractivity contribution in [3.8, 4) is 11.8 Å². The molecule has 26 heavy (non-hydrogen) atoms. The average Bonchev–Trinajstić information content (AvgIpc) is 3.07. The number of ether oxygens (including phenoxy) is 1. The first kappa shape index (κ1) is 17.8. The summed E-state index contributed by atoms with van der Waals surface area (Å²) in [6.45, 7) is 0.558. The van der Waals surface area contributed by atoms with Crippen LogP contribution >= 0.6 is 0 Å². The molecule has 0 aliphatic carbocycles. The molecule has 2 aromatic rings. The molecule has 1 aliphatic rings. The summed E-state index contributed by atoms with van der Waals surface area (Å²) in [6, 6.07) is 12.8. The Morgan fingerprint density at radius 3 is 2.69 bits per heavy atom. The van der Waals surface area contributed by atoms with Gasteiger partial charge in [-0.25, -0.2) is 8.42 Å². The zero-order valence-corrected chi connectivity index (χ0v) is 14.9. The van der Waals surface area contributed by atoms with E-state index in [-0.39, 0.29) is 22.2 Å². The Morgan fingerprint density at radius 2 is 2.04 bits per heavy atom. The number of rotatable bonds is 5. The Bertz CT molecular complexity index is 996. The molecule has 1 saturated heterocycles. The predicted molar refractivity (Wildman–Crippen MR) is 96.5 cm³/mol. The maximum absolute atomic E-state index is 12.9. The van der Waals surface area contributed by atoms with Crippen LogP contribution in [0.5, 0.6) is 5.75 Å². The molecule has 0 spiro atoms. The van der Waals surface area contributed by atoms with E-state index in [1.165, 1.54) is 25.3 Å². The molecule has 1 N–H and O–H groups in total. The molecular formula is C18H17N3O4S. The van der Waals surface area contributed by atoms with E-state index >= 15 is 0 Å². The van der Waals surface area contributed by atoms with E-state index in [1.54, 1.807) is 29.2 Å². The van der Waals surface area contributed by atoms with Crippen LogP contribution in [-0.4, -0.2) is 28.0 Å². The highest BCUT2D eigenvalue weighted by Crippen LogP contribution is 2.32. The van der Waals surface area contributed by atoms with Gasteiger partial charge in [0.1, 0.15) is 10.6 Å². The molecule has 0 aromatic heterocycles. The summed E-state index contributed by atoms with van der Waals surface area (Å²) in [5.74, 6) is 0.137. The first-order valence-electron chi connectivity index (χ1n) is 7.96. The van der Waals surface area contributed by atoms with E-state index in [0.717, 1.165) is 6.42 Å². The number of nitrogens with zero attached hydrogens (tertiary/aromatic N) is 2. The second-order valence-electron chi connectivity index (χ2n) is 5.78. The number of methoxy groups -OCH3 is 1. The van der Waals surface area contributed by atoms with Crippen molar-refractivity contribution in [3.05, 3.63) is 48.0 Å². The van der Waals surface area contributed by atoms with Crippen LogP contribution < -0.4 is 14.4 Å². The summed E-state index contributed by atoms with van der Waals surface area (Å²) in [5.41, 5.74) is 1.13. The fourth-order valence-corrected chi connectivity index (χ4v) is 4.07. The van der Waals surface area contributed by atoms with Crippen molar-refractivity contribution in [1.82, 2.24) is 0 Å². The number of amides is 1. The van der Waals surface area contributed by atoms with Crippen LogP contribution in [0.1, 0.15) is 18.4 Å². The van der Waals surface area contributed by atoms with Crippen molar-refractivity contribution in [2.45, 2.75) is 17.7 Å². The van der Waals surface area contributed by atoms with Crippen LogP contribution in [0.15, 0.2) is 47.4 Å². The largest absolute Gasteiger partial charge is 0.495 e. The van der Waals surface area contributed by atoms with Crippen LogP contribution in [0.4, 0.5) is 11.4 Å². The minimum atomic E-state index is -3.97. The van der Waals surface area contributed by atoms with E-state index in [1.807, 2.05) is 6.07 Å². The molecule has 1 aliphatic heterocycles. The molecule has 134 valence electrons. The van der Waals surface area contributed by atoms with Gasteiger partial charge in [0.05, 0.1) is 24.4 Å². The van der Waals surface area contributed by atoms with Gasteiger partial charge in [0.15, 0.2) is 0 Å². The Morgan fingerprint density at radius 1 is 1.23 bits per heavy atom. The lowest BCUT2D eigenvalue weighted by Crippen LogP contribution is -2.24. The maximum Gasteiger partial charge on any atom is 0.265 e. The fourth-order valence-electron chi connectivity index (χ4n) is 2.83. The van der Waals surface area contributed by atoms with E-state index < -0.39 is 10.0 Å². The standard InChI is InChI=1S/C18H17N3O4S/c1-25-16-8-7-15(21-9-3-6-18(21)22)11-17(16)26(23,24)20-14-5-2-4-13(10-14)12-19/h2,4-5,7-8,10-11,20H,3,6,9H2,1H3. The van der Waals surface area contributed by atoms with Crippen LogP contribution in [0.2, 0.25) is 0 Å². The van der Waals surface area contributed by atoms with Gasteiger partial charge in [-0.05, 0) is 42.8 Å². The molecule has 7 nitrogen and oxygen atoms in total. The minimum Gasteiger partial charge on any atom is -0.495 e. The highest BCUT2D eigenvalue weighted by molar-refractivity contribution is 7.92. The number of anilines is 2. The molecule has 1 fully saturated rings. The summed E-state index contributed by atoms with van der Waals surface area (Å²) in [6.07, 6.45) is 1.19. The lowest BCUT2D eigenvalue weighted by molar-refractivity contribution is -0.117. The molecule has 0 unspecified atom stereocenters. The maximum atomic E-state index is 12.9. The predicted octanol–water partition coefficient (Wildman–Crippen LogP) is 2.49. The third-order valence-corrected chi connectivity index (χ3v) is 5.47. The third-order valence-electron chi connectivity index (χ3n) is 4.07. The summed E-state index contributed by atoms with van der Waals surface area (Å²) >= 11 is 0. The zero-order valence-electron chi connectivity index (χ0n) is 14.1. The van der Waals surface area contributed by atoms with Crippen molar-refractivity contribution in [1.29, 1.82) is 5.26 Å². The Kier molecular flexibility index (Phi) is 4.82. The number of hydrogen-bond donors (Lipinski definition) is 1. The average molecular weight is 371 g/mol. The van der Waals surface area contributed by atoms with Crippen LogP contribution in [0.3, 0.4) is 0 Å². The van der Waals surface area contributed by atoms with Crippen molar-refractivity contribution >= 4 is 27.3 Å². The Hall–Kier alpha value is -3.05. The van der Waals surface area contributed by atoms with E-state index in [4.69, 9.17) is 10.00 Å². The Balaban J connectivity index is 1.99. The molecule has 0 atom stereocenters. The first-order chi connectivity index (χ1) is 12.4. The highest BCUT2D eigenvalue weighted by atomic mass is 32.2. The fraction of sp³-hybridized carbons (Fsp3) is 0.222. The van der Waals surface area contributed by atoms with Gasteiger partial charge >= 0.3 is 0 Å². The van der Waals surface area contributed by atoms with Gasteiger partial charge in [-0.3, -0.25) is 9.52 Å². The van der Waals surface area contributed by atoms with Crippen molar-refractivity contribution in [2.24, 2.45) is 0 Å². The van der Waals surface area contributed by atoms with Crippen LogP contribution in [0, 0.1) is 11.3 Å². The van der Waals surface area contributed by atoms with E-state index in [9.17, 15) is 13.2 Å². The number of carbonyl (C=O) groups is 1. The van der Waals surface area contributed by atoms with E-state index in [0.29, 0.717) is 24.2 Å². The zero-order chi connectivity index (χ0) is 18.7. The molecule has 0 bridgehead atoms. The summed E-state index contributed by atoms with van der Waals surface area (Å²) in [7, 11) is -2.59. The highest BCUT2D eigenvalue weighted by Gasteiger charge is 2.26. The normalized spacial score (nSPS) is 14.2. The molecule has 1 heterocycles. The lowest BCUT2D eigenvalue weighted by Gasteiger charge is -2.18. The van der Waals surface area contributed by atoms with Gasteiger partial charge in [-0.2, -0.15) is 5.26 Å². The van der Waals surface area contributed by atoms with Crippen molar-refractivity contribution < 1.29 is 17.9 Å². The smallest absolute Gasteiger partial charge is 0.265 e. The number of carbonyl (C=O) groups excluding carboxylic acids is 1. The summed E-state index contributed by atoms with van der Waals surface area (Å²) in [5, 5.41) is 8.96. The van der Waals surface area contributed by atoms with Crippen LogP contribution in [0.25, 0.3) is 0 Å². The van der Waals surface area contributed by atoms with Gasteiger partial charge in [-0.15, -0.1) is 0 Å². The minimum absolute atomic E-state index is 0.0341. The third kappa shape index (κ3) is 3.48. The van der Waals surface area contributed by atoms with Gasteiger partial charge in [-0.1, -0.05) is 6.07 Å². The second-order valence-corrected chi connectivity index (χ2v) is 7.43. The number of nitriles is 1. The second kappa shape index (κ2) is 7.06. The first-order valence-corrected chi connectivity index (χ1v) is 9.44. The molecule has 3 rings (SSSR count). The molecular weight excluding hydrogens is 354 g/mol. The Labute approximate surface area is 151 Å². The molecule has 0 saturated carbocycles. The van der Waals surface area contributed by atoms with Crippen LogP contribution in [-0.2, 0) is 14.8 Å².